The molecule has 8 nitrogen and oxygen atoms in total. The first-order chi connectivity index (χ1) is 15.2. The lowest BCUT2D eigenvalue weighted by Crippen LogP contribution is -2.45. The lowest BCUT2D eigenvalue weighted by molar-refractivity contribution is -0.0709. The number of aromatic carboxylic acids is 1. The van der Waals surface area contributed by atoms with E-state index in [-0.39, 0.29) is 24.6 Å². The third-order valence-electron chi connectivity index (χ3n) is 6.17. The van der Waals surface area contributed by atoms with Crippen molar-refractivity contribution in [2.45, 2.75) is 45.9 Å². The molecule has 0 bridgehead atoms. The SMILES string of the molecule is CCc1c(-c2ccc3c(c2)cc(CN2C[C@@H](C)O[C@@H](C)C2)n3C)[nH]c(=O)c(C(=O)O)c1O.Cl. The highest BCUT2D eigenvalue weighted by molar-refractivity contribution is 5.92. The number of nitrogens with zero attached hydrogens (tertiary/aromatic N) is 2. The number of morpholine rings is 1. The first-order valence-corrected chi connectivity index (χ1v) is 10.9. The van der Waals surface area contributed by atoms with Crippen LogP contribution in [0.1, 0.15) is 42.4 Å². The Labute approximate surface area is 198 Å². The Balaban J connectivity index is 0.00000306. The third-order valence-corrected chi connectivity index (χ3v) is 6.17. The predicted octanol–water partition coefficient (Wildman–Crippen LogP) is 3.53. The molecule has 1 fully saturated rings. The second-order valence-corrected chi connectivity index (χ2v) is 8.61. The molecule has 0 amide bonds. The Kier molecular flexibility index (Phi) is 7.21. The number of H-pyrrole nitrogens is 1. The number of fused-ring (bicyclic) bond motifs is 1. The van der Waals surface area contributed by atoms with Crippen LogP contribution < -0.4 is 5.56 Å². The number of aromatic nitrogens is 2. The van der Waals surface area contributed by atoms with Crippen LogP contribution in [0, 0.1) is 0 Å². The summed E-state index contributed by atoms with van der Waals surface area (Å²) in [5.74, 6) is -1.91. The molecule has 3 aromatic rings. The van der Waals surface area contributed by atoms with Crippen LogP contribution in [0.4, 0.5) is 0 Å². The van der Waals surface area contributed by atoms with Crippen LogP contribution in [-0.4, -0.2) is 55.9 Å². The maximum absolute atomic E-state index is 12.3. The zero-order chi connectivity index (χ0) is 23.2. The summed E-state index contributed by atoms with van der Waals surface area (Å²) in [5, 5.41) is 20.7. The lowest BCUT2D eigenvalue weighted by Gasteiger charge is -2.35. The molecule has 1 aliphatic heterocycles. The van der Waals surface area contributed by atoms with E-state index in [1.54, 1.807) is 0 Å². The van der Waals surface area contributed by atoms with E-state index in [9.17, 15) is 19.8 Å². The average molecular weight is 476 g/mol. The smallest absolute Gasteiger partial charge is 0.345 e. The van der Waals surface area contributed by atoms with Crippen LogP contribution in [0.15, 0.2) is 29.1 Å². The zero-order valence-corrected chi connectivity index (χ0v) is 20.0. The van der Waals surface area contributed by atoms with Gasteiger partial charge in [-0.3, -0.25) is 9.69 Å². The van der Waals surface area contributed by atoms with Gasteiger partial charge < -0.3 is 24.5 Å². The second kappa shape index (κ2) is 9.59. The standard InChI is InChI=1S/C24H29N3O5.ClH/c1-5-18-21(25-23(29)20(22(18)28)24(30)31)15-6-7-19-16(8-15)9-17(26(19)4)12-27-10-13(2)32-14(3)11-27;/h6-9,13-14H,5,10-12H2,1-4H3,(H,30,31)(H2,25,28,29);1H/t13-,14+;. The number of carbonyl (C=O) groups is 1. The molecule has 0 spiro atoms. The normalized spacial score (nSPS) is 18.9. The number of carboxylic acids is 1. The van der Waals surface area contributed by atoms with Gasteiger partial charge in [-0.1, -0.05) is 13.0 Å². The summed E-state index contributed by atoms with van der Waals surface area (Å²) in [6.45, 7) is 8.57. The molecule has 178 valence electrons. The van der Waals surface area contributed by atoms with Crippen LogP contribution in [0.2, 0.25) is 0 Å². The predicted molar refractivity (Wildman–Crippen MR) is 130 cm³/mol. The fourth-order valence-electron chi connectivity index (χ4n) is 4.77. The molecule has 4 rings (SSSR count). The average Bonchev–Trinajstić information content (AvgIpc) is 3.01. The first-order valence-electron chi connectivity index (χ1n) is 10.9. The Morgan fingerprint density at radius 1 is 1.21 bits per heavy atom. The number of pyridine rings is 1. The maximum atomic E-state index is 12.3. The molecule has 3 heterocycles. The number of hydrogen-bond donors (Lipinski definition) is 3. The fraction of sp³-hybridized carbons (Fsp3) is 0.417. The highest BCUT2D eigenvalue weighted by atomic mass is 35.5. The number of carboxylic acid groups (broad SMARTS) is 1. The van der Waals surface area contributed by atoms with Crippen molar-refractivity contribution in [1.29, 1.82) is 0 Å². The number of rotatable bonds is 5. The first kappa shape index (κ1) is 24.8. The molecule has 2 atom stereocenters. The van der Waals surface area contributed by atoms with Gasteiger partial charge in [0.15, 0.2) is 5.56 Å². The van der Waals surface area contributed by atoms with Crippen LogP contribution in [0.5, 0.6) is 5.75 Å². The van der Waals surface area contributed by atoms with Crippen molar-refractivity contribution in [2.75, 3.05) is 13.1 Å². The molecule has 3 N–H and O–H groups in total. The molecule has 2 aromatic heterocycles. The second-order valence-electron chi connectivity index (χ2n) is 8.61. The van der Waals surface area contributed by atoms with Gasteiger partial charge >= 0.3 is 5.97 Å². The lowest BCUT2D eigenvalue weighted by atomic mass is 9.99. The molecule has 1 saturated heterocycles. The molecule has 0 radical (unpaired) electrons. The summed E-state index contributed by atoms with van der Waals surface area (Å²) in [4.78, 5) is 28.8. The van der Waals surface area contributed by atoms with Gasteiger partial charge in [0.2, 0.25) is 0 Å². The number of halogens is 1. The van der Waals surface area contributed by atoms with Crippen LogP contribution >= 0.6 is 12.4 Å². The van der Waals surface area contributed by atoms with E-state index >= 15 is 0 Å². The molecule has 33 heavy (non-hydrogen) atoms. The third kappa shape index (κ3) is 4.64. The van der Waals surface area contributed by atoms with E-state index in [2.05, 4.69) is 34.4 Å². The Morgan fingerprint density at radius 2 is 1.88 bits per heavy atom. The summed E-state index contributed by atoms with van der Waals surface area (Å²) in [6, 6.07) is 7.97. The number of aryl methyl sites for hydroxylation is 1. The van der Waals surface area contributed by atoms with Gasteiger partial charge in [-0.2, -0.15) is 0 Å². The molecule has 0 unspecified atom stereocenters. The summed E-state index contributed by atoms with van der Waals surface area (Å²) >= 11 is 0. The number of aromatic hydroxyl groups is 1. The molecular weight excluding hydrogens is 446 g/mol. The number of benzene rings is 1. The summed E-state index contributed by atoms with van der Waals surface area (Å²) in [7, 11) is 2.04. The van der Waals surface area contributed by atoms with Gasteiger partial charge in [-0.15, -0.1) is 12.4 Å². The number of nitrogens with one attached hydrogen (secondary N) is 1. The zero-order valence-electron chi connectivity index (χ0n) is 19.2. The van der Waals surface area contributed by atoms with Crippen molar-refractivity contribution in [3.8, 4) is 17.0 Å². The largest absolute Gasteiger partial charge is 0.506 e. The Bertz CT molecular complexity index is 1240. The van der Waals surface area contributed by atoms with Gasteiger partial charge in [0.1, 0.15) is 5.75 Å². The molecule has 0 aliphatic carbocycles. The number of ether oxygens (including phenoxy) is 1. The van der Waals surface area contributed by atoms with Crippen molar-refractivity contribution >= 4 is 29.3 Å². The van der Waals surface area contributed by atoms with E-state index in [0.717, 1.165) is 36.1 Å². The highest BCUT2D eigenvalue weighted by Crippen LogP contribution is 2.32. The minimum absolute atomic E-state index is 0. The van der Waals surface area contributed by atoms with Gasteiger partial charge in [-0.25, -0.2) is 4.79 Å². The number of aromatic amines is 1. The van der Waals surface area contributed by atoms with Crippen LogP contribution in [0.3, 0.4) is 0 Å². The molecule has 1 aliphatic rings. The molecule has 9 heteroatoms. The van der Waals surface area contributed by atoms with E-state index < -0.39 is 22.8 Å². The van der Waals surface area contributed by atoms with Crippen molar-refractivity contribution in [3.63, 3.8) is 0 Å². The van der Waals surface area contributed by atoms with Gasteiger partial charge in [0.25, 0.3) is 5.56 Å². The topological polar surface area (TPSA) is 108 Å². The minimum atomic E-state index is -1.44. The molecule has 1 aromatic carbocycles. The molecule has 0 saturated carbocycles. The van der Waals surface area contributed by atoms with Gasteiger partial charge in [-0.05, 0) is 44.0 Å². The van der Waals surface area contributed by atoms with Crippen molar-refractivity contribution < 1.29 is 19.7 Å². The highest BCUT2D eigenvalue weighted by Gasteiger charge is 2.24. The van der Waals surface area contributed by atoms with Crippen molar-refractivity contribution in [2.24, 2.45) is 7.05 Å². The van der Waals surface area contributed by atoms with E-state index in [1.807, 2.05) is 32.2 Å². The van der Waals surface area contributed by atoms with E-state index in [0.29, 0.717) is 17.7 Å². The Hall–Kier alpha value is -2.81. The summed E-state index contributed by atoms with van der Waals surface area (Å²) in [5.41, 5.74) is 2.38. The minimum Gasteiger partial charge on any atom is -0.506 e. The van der Waals surface area contributed by atoms with Crippen LogP contribution in [0.25, 0.3) is 22.2 Å². The summed E-state index contributed by atoms with van der Waals surface area (Å²) in [6.07, 6.45) is 0.778. The molecular formula is C24H30ClN3O5. The maximum Gasteiger partial charge on any atom is 0.345 e. The monoisotopic (exact) mass is 475 g/mol. The quantitative estimate of drug-likeness (QED) is 0.521. The van der Waals surface area contributed by atoms with Crippen molar-refractivity contribution in [1.82, 2.24) is 14.5 Å². The van der Waals surface area contributed by atoms with Crippen molar-refractivity contribution in [3.05, 3.63) is 51.4 Å². The number of hydrogen-bond acceptors (Lipinski definition) is 5. The summed E-state index contributed by atoms with van der Waals surface area (Å²) < 4.78 is 8.00. The van der Waals surface area contributed by atoms with E-state index in [1.165, 1.54) is 5.69 Å². The fourth-order valence-corrected chi connectivity index (χ4v) is 4.77. The van der Waals surface area contributed by atoms with Crippen LogP contribution in [-0.2, 0) is 24.8 Å². The Morgan fingerprint density at radius 3 is 2.48 bits per heavy atom. The van der Waals surface area contributed by atoms with Gasteiger partial charge in [0.05, 0.1) is 17.9 Å². The van der Waals surface area contributed by atoms with E-state index in [4.69, 9.17) is 4.74 Å². The van der Waals surface area contributed by atoms with Gasteiger partial charge in [0, 0.05) is 48.8 Å².